The lowest BCUT2D eigenvalue weighted by Crippen LogP contribution is -2.38. The molecule has 0 radical (unpaired) electrons. The molecule has 6 nitrogen and oxygen atoms in total. The van der Waals surface area contributed by atoms with Crippen LogP contribution in [0.4, 0.5) is 11.4 Å². The molecule has 0 heterocycles. The number of likely N-dealkylation sites (N-methyl/N-ethyl adjacent to an activating group) is 1. The van der Waals surface area contributed by atoms with Gasteiger partial charge in [-0.15, -0.1) is 0 Å². The Morgan fingerprint density at radius 2 is 2.10 bits per heavy atom. The van der Waals surface area contributed by atoms with Crippen LogP contribution in [-0.4, -0.2) is 43.9 Å². The van der Waals surface area contributed by atoms with Gasteiger partial charge in [0.1, 0.15) is 0 Å². The van der Waals surface area contributed by atoms with Crippen LogP contribution in [0.3, 0.4) is 0 Å². The second kappa shape index (κ2) is 7.99. The number of carbonyl (C=O) groups excluding carboxylic acids is 2. The SMILES string of the molecule is CNC(=O)C(C)CN(C)CC(=O)Nc1ccc(N)cc1Br. The van der Waals surface area contributed by atoms with Gasteiger partial charge in [0, 0.05) is 29.7 Å². The van der Waals surface area contributed by atoms with Gasteiger partial charge < -0.3 is 16.4 Å². The molecule has 116 valence electrons. The van der Waals surface area contributed by atoms with E-state index in [9.17, 15) is 9.59 Å². The third-order valence-corrected chi connectivity index (χ3v) is 3.62. The minimum absolute atomic E-state index is 0.0384. The summed E-state index contributed by atoms with van der Waals surface area (Å²) < 4.78 is 0.734. The highest BCUT2D eigenvalue weighted by Gasteiger charge is 2.15. The first kappa shape index (κ1) is 17.5. The molecule has 1 rings (SSSR count). The van der Waals surface area contributed by atoms with Crippen LogP contribution in [0.5, 0.6) is 0 Å². The summed E-state index contributed by atoms with van der Waals surface area (Å²) in [6, 6.07) is 5.19. The normalized spacial score (nSPS) is 12.0. The number of hydrogen-bond donors (Lipinski definition) is 3. The van der Waals surface area contributed by atoms with E-state index in [0.29, 0.717) is 17.9 Å². The summed E-state index contributed by atoms with van der Waals surface area (Å²) in [6.07, 6.45) is 0. The van der Waals surface area contributed by atoms with Crippen molar-refractivity contribution in [1.82, 2.24) is 10.2 Å². The van der Waals surface area contributed by atoms with Crippen LogP contribution in [0.25, 0.3) is 0 Å². The van der Waals surface area contributed by atoms with Crippen molar-refractivity contribution in [3.8, 4) is 0 Å². The maximum absolute atomic E-state index is 12.0. The van der Waals surface area contributed by atoms with Gasteiger partial charge in [-0.2, -0.15) is 0 Å². The Balaban J connectivity index is 2.51. The highest BCUT2D eigenvalue weighted by Crippen LogP contribution is 2.24. The molecule has 0 aliphatic carbocycles. The smallest absolute Gasteiger partial charge is 0.238 e. The van der Waals surface area contributed by atoms with E-state index in [4.69, 9.17) is 5.73 Å². The second-order valence-corrected chi connectivity index (χ2v) is 5.85. The third kappa shape index (κ3) is 5.73. The largest absolute Gasteiger partial charge is 0.399 e. The molecule has 2 amide bonds. The maximum atomic E-state index is 12.0. The van der Waals surface area contributed by atoms with Crippen LogP contribution in [0.2, 0.25) is 0 Å². The minimum atomic E-state index is -0.170. The van der Waals surface area contributed by atoms with Crippen LogP contribution >= 0.6 is 15.9 Å². The molecule has 21 heavy (non-hydrogen) atoms. The summed E-state index contributed by atoms with van der Waals surface area (Å²) in [5.41, 5.74) is 6.94. The molecule has 1 aromatic carbocycles. The monoisotopic (exact) mass is 356 g/mol. The van der Waals surface area contributed by atoms with E-state index >= 15 is 0 Å². The number of halogens is 1. The Bertz CT molecular complexity index is 522. The fraction of sp³-hybridized carbons (Fsp3) is 0.429. The predicted molar refractivity (Wildman–Crippen MR) is 87.9 cm³/mol. The lowest BCUT2D eigenvalue weighted by atomic mass is 10.1. The molecule has 0 aliphatic heterocycles. The fourth-order valence-corrected chi connectivity index (χ4v) is 2.42. The number of rotatable bonds is 6. The molecule has 0 bridgehead atoms. The van der Waals surface area contributed by atoms with Crippen LogP contribution in [0.15, 0.2) is 22.7 Å². The average Bonchev–Trinajstić information content (AvgIpc) is 2.40. The van der Waals surface area contributed by atoms with Gasteiger partial charge in [0.15, 0.2) is 0 Å². The van der Waals surface area contributed by atoms with Gasteiger partial charge in [0.2, 0.25) is 11.8 Å². The van der Waals surface area contributed by atoms with Crippen LogP contribution in [0, 0.1) is 5.92 Å². The minimum Gasteiger partial charge on any atom is -0.399 e. The number of nitrogens with two attached hydrogens (primary N) is 1. The zero-order valence-corrected chi connectivity index (χ0v) is 14.0. The lowest BCUT2D eigenvalue weighted by molar-refractivity contribution is -0.125. The van der Waals surface area contributed by atoms with Gasteiger partial charge in [-0.05, 0) is 41.2 Å². The summed E-state index contributed by atoms with van der Waals surface area (Å²) in [5, 5.41) is 5.39. The topological polar surface area (TPSA) is 87.5 Å². The van der Waals surface area contributed by atoms with Gasteiger partial charge in [-0.1, -0.05) is 6.92 Å². The first-order valence-corrected chi connectivity index (χ1v) is 7.37. The summed E-state index contributed by atoms with van der Waals surface area (Å²) in [4.78, 5) is 25.2. The van der Waals surface area contributed by atoms with E-state index in [2.05, 4.69) is 26.6 Å². The molecular formula is C14H21BrN4O2. The maximum Gasteiger partial charge on any atom is 0.238 e. The molecule has 0 fully saturated rings. The number of benzene rings is 1. The number of nitrogens with one attached hydrogen (secondary N) is 2. The number of nitrogens with zero attached hydrogens (tertiary/aromatic N) is 1. The van der Waals surface area contributed by atoms with E-state index in [1.54, 1.807) is 37.2 Å². The molecule has 1 unspecified atom stereocenters. The van der Waals surface area contributed by atoms with Crippen molar-refractivity contribution in [3.63, 3.8) is 0 Å². The molecule has 0 spiro atoms. The molecule has 0 aliphatic rings. The van der Waals surface area contributed by atoms with Gasteiger partial charge >= 0.3 is 0 Å². The van der Waals surface area contributed by atoms with Crippen molar-refractivity contribution >= 4 is 39.1 Å². The van der Waals surface area contributed by atoms with E-state index in [0.717, 1.165) is 4.47 Å². The van der Waals surface area contributed by atoms with Crippen molar-refractivity contribution in [2.75, 3.05) is 38.2 Å². The van der Waals surface area contributed by atoms with Crippen molar-refractivity contribution < 1.29 is 9.59 Å². The molecule has 1 aromatic rings. The lowest BCUT2D eigenvalue weighted by Gasteiger charge is -2.20. The highest BCUT2D eigenvalue weighted by molar-refractivity contribution is 9.10. The number of amides is 2. The summed E-state index contributed by atoms with van der Waals surface area (Å²) >= 11 is 3.35. The Kier molecular flexibility index (Phi) is 6.64. The van der Waals surface area contributed by atoms with Crippen molar-refractivity contribution in [1.29, 1.82) is 0 Å². The Labute approximate surface area is 133 Å². The van der Waals surface area contributed by atoms with Gasteiger partial charge in [-0.25, -0.2) is 0 Å². The van der Waals surface area contributed by atoms with Crippen LogP contribution < -0.4 is 16.4 Å². The first-order valence-electron chi connectivity index (χ1n) is 6.58. The summed E-state index contributed by atoms with van der Waals surface area (Å²) in [6.45, 7) is 2.54. The zero-order valence-electron chi connectivity index (χ0n) is 12.4. The van der Waals surface area contributed by atoms with Crippen molar-refractivity contribution in [3.05, 3.63) is 22.7 Å². The summed E-state index contributed by atoms with van der Waals surface area (Å²) in [5.74, 6) is -0.355. The number of hydrogen-bond acceptors (Lipinski definition) is 4. The molecule has 0 saturated carbocycles. The Hall–Kier alpha value is -1.60. The van der Waals surface area contributed by atoms with E-state index in [1.807, 2.05) is 6.92 Å². The number of nitrogen functional groups attached to an aromatic ring is 1. The van der Waals surface area contributed by atoms with Crippen molar-refractivity contribution in [2.45, 2.75) is 6.92 Å². The quantitative estimate of drug-likeness (QED) is 0.670. The standard InChI is InChI=1S/C14H21BrN4O2/c1-9(14(21)17-2)7-19(3)8-13(20)18-12-5-4-10(16)6-11(12)15/h4-6,9H,7-8,16H2,1-3H3,(H,17,21)(H,18,20). The fourth-order valence-electron chi connectivity index (χ4n) is 1.93. The number of carbonyl (C=O) groups is 2. The molecule has 7 heteroatoms. The predicted octanol–water partition coefficient (Wildman–Crippen LogP) is 1.28. The van der Waals surface area contributed by atoms with E-state index < -0.39 is 0 Å². The Morgan fingerprint density at radius 1 is 1.43 bits per heavy atom. The third-order valence-electron chi connectivity index (χ3n) is 2.96. The zero-order chi connectivity index (χ0) is 16.0. The van der Waals surface area contributed by atoms with Gasteiger partial charge in [0.25, 0.3) is 0 Å². The average molecular weight is 357 g/mol. The van der Waals surface area contributed by atoms with Gasteiger partial charge in [0.05, 0.1) is 12.2 Å². The van der Waals surface area contributed by atoms with Crippen molar-refractivity contribution in [2.24, 2.45) is 5.92 Å². The van der Waals surface area contributed by atoms with E-state index in [-0.39, 0.29) is 24.3 Å². The number of anilines is 2. The van der Waals surface area contributed by atoms with Crippen LogP contribution in [0.1, 0.15) is 6.92 Å². The molecule has 1 atom stereocenters. The molecule has 0 aromatic heterocycles. The second-order valence-electron chi connectivity index (χ2n) is 5.00. The Morgan fingerprint density at radius 3 is 2.67 bits per heavy atom. The molecule has 0 saturated heterocycles. The molecular weight excluding hydrogens is 336 g/mol. The van der Waals surface area contributed by atoms with Crippen LogP contribution in [-0.2, 0) is 9.59 Å². The summed E-state index contributed by atoms with van der Waals surface area (Å²) in [7, 11) is 3.40. The van der Waals surface area contributed by atoms with E-state index in [1.165, 1.54) is 0 Å². The first-order chi connectivity index (χ1) is 9.83. The molecule has 4 N–H and O–H groups in total. The van der Waals surface area contributed by atoms with Gasteiger partial charge in [-0.3, -0.25) is 14.5 Å². The highest BCUT2D eigenvalue weighted by atomic mass is 79.9.